The van der Waals surface area contributed by atoms with Crippen molar-refractivity contribution in [3.05, 3.63) is 28.9 Å². The number of aliphatic hydroxyl groups is 1. The molecule has 2 atom stereocenters. The van der Waals surface area contributed by atoms with Crippen LogP contribution < -0.4 is 5.32 Å². The van der Waals surface area contributed by atoms with E-state index in [1.54, 1.807) is 6.20 Å². The van der Waals surface area contributed by atoms with E-state index in [9.17, 15) is 5.11 Å². The molecule has 2 heterocycles. The van der Waals surface area contributed by atoms with E-state index in [0.29, 0.717) is 12.0 Å². The molecule has 2 N–H and O–H groups in total. The SMILES string of the molecule is OCC1CCCC1NCc1cnc2cnc(Br)cn12. The van der Waals surface area contributed by atoms with Gasteiger partial charge in [0.05, 0.1) is 18.1 Å². The van der Waals surface area contributed by atoms with Gasteiger partial charge in [0, 0.05) is 25.4 Å². The Morgan fingerprint density at radius 2 is 2.26 bits per heavy atom. The summed E-state index contributed by atoms with van der Waals surface area (Å²) in [5, 5.41) is 12.9. The molecule has 19 heavy (non-hydrogen) atoms. The normalized spacial score (nSPS) is 23.3. The quantitative estimate of drug-likeness (QED) is 0.899. The van der Waals surface area contributed by atoms with E-state index in [1.165, 1.54) is 6.42 Å². The Labute approximate surface area is 120 Å². The lowest BCUT2D eigenvalue weighted by atomic mass is 10.1. The third-order valence-corrected chi connectivity index (χ3v) is 4.29. The number of nitrogens with zero attached hydrogens (tertiary/aromatic N) is 3. The molecule has 2 unspecified atom stereocenters. The van der Waals surface area contributed by atoms with Gasteiger partial charge in [-0.2, -0.15) is 0 Å². The zero-order valence-corrected chi connectivity index (χ0v) is 12.2. The van der Waals surface area contributed by atoms with Crippen LogP contribution in [-0.2, 0) is 6.54 Å². The van der Waals surface area contributed by atoms with Crippen LogP contribution in [-0.4, -0.2) is 32.1 Å². The van der Waals surface area contributed by atoms with Crippen LogP contribution in [0.3, 0.4) is 0 Å². The first-order chi connectivity index (χ1) is 9.28. The third-order valence-electron chi connectivity index (χ3n) is 3.88. The highest BCUT2D eigenvalue weighted by Crippen LogP contribution is 2.25. The van der Waals surface area contributed by atoms with Crippen LogP contribution in [0.4, 0.5) is 0 Å². The highest BCUT2D eigenvalue weighted by atomic mass is 79.9. The smallest absolute Gasteiger partial charge is 0.155 e. The van der Waals surface area contributed by atoms with Gasteiger partial charge in [-0.05, 0) is 34.7 Å². The number of aliphatic hydroxyl groups excluding tert-OH is 1. The second kappa shape index (κ2) is 5.56. The molecule has 6 heteroatoms. The van der Waals surface area contributed by atoms with Gasteiger partial charge in [-0.1, -0.05) is 6.42 Å². The summed E-state index contributed by atoms with van der Waals surface area (Å²) in [7, 11) is 0. The summed E-state index contributed by atoms with van der Waals surface area (Å²) >= 11 is 3.38. The Bertz CT molecular complexity index is 571. The number of fused-ring (bicyclic) bond motifs is 1. The van der Waals surface area contributed by atoms with Gasteiger partial charge in [0.25, 0.3) is 0 Å². The molecule has 2 aromatic heterocycles. The summed E-state index contributed by atoms with van der Waals surface area (Å²) in [4.78, 5) is 8.50. The summed E-state index contributed by atoms with van der Waals surface area (Å²) in [5.41, 5.74) is 1.96. The Kier molecular flexibility index (Phi) is 3.81. The summed E-state index contributed by atoms with van der Waals surface area (Å²) in [6.07, 6.45) is 9.02. The average Bonchev–Trinajstić information content (AvgIpc) is 3.02. The molecule has 1 fully saturated rings. The number of aromatic nitrogens is 3. The van der Waals surface area contributed by atoms with Gasteiger partial charge in [-0.25, -0.2) is 9.97 Å². The maximum Gasteiger partial charge on any atom is 0.155 e. The molecule has 3 rings (SSSR count). The largest absolute Gasteiger partial charge is 0.396 e. The molecule has 5 nitrogen and oxygen atoms in total. The minimum Gasteiger partial charge on any atom is -0.396 e. The van der Waals surface area contributed by atoms with Crippen LogP contribution in [0.15, 0.2) is 23.2 Å². The van der Waals surface area contributed by atoms with E-state index in [1.807, 2.05) is 16.8 Å². The fourth-order valence-corrected chi connectivity index (χ4v) is 3.11. The highest BCUT2D eigenvalue weighted by molar-refractivity contribution is 9.10. The number of imidazole rings is 1. The van der Waals surface area contributed by atoms with Crippen LogP contribution in [0.5, 0.6) is 0 Å². The Hall–Kier alpha value is -0.980. The fraction of sp³-hybridized carbons (Fsp3) is 0.538. The maximum absolute atomic E-state index is 9.33. The molecule has 0 amide bonds. The summed E-state index contributed by atoms with van der Waals surface area (Å²) in [6.45, 7) is 1.04. The molecule has 1 aliphatic rings. The molecule has 1 saturated carbocycles. The summed E-state index contributed by atoms with van der Waals surface area (Å²) < 4.78 is 2.83. The third kappa shape index (κ3) is 2.66. The first kappa shape index (κ1) is 13.0. The van der Waals surface area contributed by atoms with Gasteiger partial charge in [0.2, 0.25) is 0 Å². The molecule has 2 aromatic rings. The van der Waals surface area contributed by atoms with Crippen LogP contribution >= 0.6 is 15.9 Å². The lowest BCUT2D eigenvalue weighted by Gasteiger charge is -2.18. The van der Waals surface area contributed by atoms with Crippen molar-refractivity contribution in [2.75, 3.05) is 6.61 Å². The minimum atomic E-state index is 0.278. The van der Waals surface area contributed by atoms with Gasteiger partial charge in [0.15, 0.2) is 5.65 Å². The molecule has 0 saturated heterocycles. The second-order valence-corrected chi connectivity index (χ2v) is 5.86. The zero-order valence-electron chi connectivity index (χ0n) is 10.6. The number of rotatable bonds is 4. The zero-order chi connectivity index (χ0) is 13.2. The van der Waals surface area contributed by atoms with E-state index < -0.39 is 0 Å². The van der Waals surface area contributed by atoms with E-state index in [4.69, 9.17) is 0 Å². The fourth-order valence-electron chi connectivity index (χ4n) is 2.81. The molecule has 0 aromatic carbocycles. The topological polar surface area (TPSA) is 62.5 Å². The predicted molar refractivity (Wildman–Crippen MR) is 75.7 cm³/mol. The maximum atomic E-state index is 9.33. The molecule has 0 bridgehead atoms. The number of hydrogen-bond donors (Lipinski definition) is 2. The molecule has 0 aliphatic heterocycles. The lowest BCUT2D eigenvalue weighted by molar-refractivity contribution is 0.205. The van der Waals surface area contributed by atoms with Crippen molar-refractivity contribution >= 4 is 21.6 Å². The van der Waals surface area contributed by atoms with Gasteiger partial charge in [0.1, 0.15) is 4.60 Å². The Morgan fingerprint density at radius 1 is 1.37 bits per heavy atom. The van der Waals surface area contributed by atoms with Gasteiger partial charge in [-0.3, -0.25) is 4.40 Å². The monoisotopic (exact) mass is 324 g/mol. The summed E-state index contributed by atoms with van der Waals surface area (Å²) in [5.74, 6) is 0.396. The highest BCUT2D eigenvalue weighted by Gasteiger charge is 2.26. The van der Waals surface area contributed by atoms with Crippen LogP contribution in [0.25, 0.3) is 5.65 Å². The first-order valence-electron chi connectivity index (χ1n) is 6.59. The van der Waals surface area contributed by atoms with E-state index in [-0.39, 0.29) is 6.61 Å². The van der Waals surface area contributed by atoms with Crippen LogP contribution in [0.2, 0.25) is 0 Å². The van der Waals surface area contributed by atoms with Gasteiger partial charge >= 0.3 is 0 Å². The van der Waals surface area contributed by atoms with Gasteiger partial charge in [-0.15, -0.1) is 0 Å². The molecule has 102 valence electrons. The molecular formula is C13H17BrN4O. The summed E-state index contributed by atoms with van der Waals surface area (Å²) in [6, 6.07) is 0.417. The average molecular weight is 325 g/mol. The van der Waals surface area contributed by atoms with Crippen molar-refractivity contribution in [1.82, 2.24) is 19.7 Å². The Morgan fingerprint density at radius 3 is 3.11 bits per heavy atom. The molecule has 1 aliphatic carbocycles. The second-order valence-electron chi connectivity index (χ2n) is 5.05. The van der Waals surface area contributed by atoms with E-state index >= 15 is 0 Å². The number of halogens is 1. The van der Waals surface area contributed by atoms with Crippen molar-refractivity contribution in [1.29, 1.82) is 0 Å². The van der Waals surface area contributed by atoms with Crippen molar-refractivity contribution in [2.45, 2.75) is 31.8 Å². The van der Waals surface area contributed by atoms with Crippen LogP contribution in [0.1, 0.15) is 25.0 Å². The van der Waals surface area contributed by atoms with Crippen molar-refractivity contribution in [3.8, 4) is 0 Å². The lowest BCUT2D eigenvalue weighted by Crippen LogP contribution is -2.33. The van der Waals surface area contributed by atoms with Gasteiger partial charge < -0.3 is 10.4 Å². The number of nitrogens with one attached hydrogen (secondary N) is 1. The predicted octanol–water partition coefficient (Wildman–Crippen LogP) is 1.74. The molecule has 0 spiro atoms. The van der Waals surface area contributed by atoms with Crippen molar-refractivity contribution in [3.63, 3.8) is 0 Å². The minimum absolute atomic E-state index is 0.278. The van der Waals surface area contributed by atoms with Crippen molar-refractivity contribution in [2.24, 2.45) is 5.92 Å². The number of hydrogen-bond acceptors (Lipinski definition) is 4. The first-order valence-corrected chi connectivity index (χ1v) is 7.39. The van der Waals surface area contributed by atoms with E-state index in [0.717, 1.165) is 35.3 Å². The standard InChI is InChI=1S/C13H17BrN4O/c14-12-7-18-10(5-17-13(18)6-16-12)4-15-11-3-1-2-9(11)8-19/h5-7,9,11,15,19H,1-4,8H2. The van der Waals surface area contributed by atoms with Crippen molar-refractivity contribution < 1.29 is 5.11 Å². The molecule has 0 radical (unpaired) electrons. The molecular weight excluding hydrogens is 308 g/mol. The Balaban J connectivity index is 1.73. The van der Waals surface area contributed by atoms with E-state index in [2.05, 4.69) is 31.2 Å². The van der Waals surface area contributed by atoms with Crippen LogP contribution in [0, 0.1) is 5.92 Å².